The first-order chi connectivity index (χ1) is 13.1. The van der Waals surface area contributed by atoms with Crippen molar-refractivity contribution >= 4 is 29.9 Å². The zero-order chi connectivity index (χ0) is 19.1. The molecule has 1 saturated heterocycles. The van der Waals surface area contributed by atoms with E-state index in [4.69, 9.17) is 4.74 Å². The Balaban J connectivity index is 0.00000280. The number of aliphatic imine (C=N–C) groups is 1. The van der Waals surface area contributed by atoms with E-state index in [0.717, 1.165) is 36.7 Å². The molecule has 1 heterocycles. The molecule has 0 bridgehead atoms. The number of guanidine groups is 1. The smallest absolute Gasteiger partial charge is 0.191 e. The summed E-state index contributed by atoms with van der Waals surface area (Å²) in [7, 11) is 1.85. The summed E-state index contributed by atoms with van der Waals surface area (Å²) in [6, 6.07) is 8.82. The second-order valence-corrected chi connectivity index (χ2v) is 8.40. The van der Waals surface area contributed by atoms with Gasteiger partial charge in [-0.1, -0.05) is 32.0 Å². The topological polar surface area (TPSA) is 48.9 Å². The van der Waals surface area contributed by atoms with Crippen molar-refractivity contribution in [3.63, 3.8) is 0 Å². The highest BCUT2D eigenvalue weighted by molar-refractivity contribution is 14.0. The maximum Gasteiger partial charge on any atom is 0.191 e. The number of hydrogen-bond donors (Lipinski definition) is 2. The Morgan fingerprint density at radius 1 is 1.18 bits per heavy atom. The molecule has 158 valence electrons. The first-order valence-corrected chi connectivity index (χ1v) is 10.5. The van der Waals surface area contributed by atoms with Gasteiger partial charge in [0.05, 0.1) is 6.61 Å². The number of rotatable bonds is 8. The molecule has 2 aliphatic rings. The third kappa shape index (κ3) is 7.78. The van der Waals surface area contributed by atoms with Gasteiger partial charge < -0.3 is 20.3 Å². The summed E-state index contributed by atoms with van der Waals surface area (Å²) >= 11 is 0. The van der Waals surface area contributed by atoms with Gasteiger partial charge in [0.25, 0.3) is 0 Å². The normalized spacial score (nSPS) is 18.6. The van der Waals surface area contributed by atoms with Crippen molar-refractivity contribution in [1.29, 1.82) is 0 Å². The van der Waals surface area contributed by atoms with Crippen molar-refractivity contribution in [3.8, 4) is 5.75 Å². The summed E-state index contributed by atoms with van der Waals surface area (Å²) < 4.78 is 6.01. The molecule has 5 nitrogen and oxygen atoms in total. The van der Waals surface area contributed by atoms with Crippen molar-refractivity contribution in [2.24, 2.45) is 16.8 Å². The molecule has 0 radical (unpaired) electrons. The zero-order valence-electron chi connectivity index (χ0n) is 17.6. The van der Waals surface area contributed by atoms with Gasteiger partial charge in [-0.25, -0.2) is 0 Å². The zero-order valence-corrected chi connectivity index (χ0v) is 19.9. The lowest BCUT2D eigenvalue weighted by Crippen LogP contribution is -2.49. The number of benzene rings is 1. The Hall–Kier alpha value is -1.02. The molecule has 0 atom stereocenters. The Morgan fingerprint density at radius 3 is 2.54 bits per heavy atom. The Kier molecular flexibility index (Phi) is 9.85. The van der Waals surface area contributed by atoms with Gasteiger partial charge in [-0.2, -0.15) is 0 Å². The Labute approximate surface area is 187 Å². The van der Waals surface area contributed by atoms with Gasteiger partial charge in [-0.15, -0.1) is 24.0 Å². The van der Waals surface area contributed by atoms with E-state index < -0.39 is 0 Å². The van der Waals surface area contributed by atoms with Gasteiger partial charge >= 0.3 is 0 Å². The Morgan fingerprint density at radius 2 is 1.89 bits per heavy atom. The third-order valence-electron chi connectivity index (χ3n) is 5.37. The van der Waals surface area contributed by atoms with Crippen molar-refractivity contribution in [2.45, 2.75) is 52.1 Å². The first kappa shape index (κ1) is 23.3. The van der Waals surface area contributed by atoms with E-state index in [1.807, 2.05) is 13.1 Å². The number of hydrogen-bond acceptors (Lipinski definition) is 3. The van der Waals surface area contributed by atoms with Crippen molar-refractivity contribution < 1.29 is 4.74 Å². The standard InChI is InChI=1S/C22H36N4O.HI/c1-17(2)15-26-12-10-20(11-13-26)25-22(23-3)24-14-19-6-4-5-7-21(19)27-16-18-8-9-18;/h4-7,17-18,20H,8-16H2,1-3H3,(H2,23,24,25);1H. The van der Waals surface area contributed by atoms with Crippen LogP contribution in [0.25, 0.3) is 0 Å². The van der Waals surface area contributed by atoms with Crippen LogP contribution >= 0.6 is 24.0 Å². The maximum atomic E-state index is 6.01. The summed E-state index contributed by atoms with van der Waals surface area (Å²) in [5.41, 5.74) is 1.19. The van der Waals surface area contributed by atoms with Crippen LogP contribution in [0.4, 0.5) is 0 Å². The van der Waals surface area contributed by atoms with E-state index in [0.29, 0.717) is 6.04 Å². The predicted octanol–water partition coefficient (Wildman–Crippen LogP) is 3.88. The molecule has 0 amide bonds. The highest BCUT2D eigenvalue weighted by Crippen LogP contribution is 2.30. The SMILES string of the molecule is CN=C(NCc1ccccc1OCC1CC1)NC1CCN(CC(C)C)CC1.I. The van der Waals surface area contributed by atoms with Crippen LogP contribution in [-0.2, 0) is 6.54 Å². The average molecular weight is 500 g/mol. The van der Waals surface area contributed by atoms with E-state index in [1.54, 1.807) is 0 Å². The van der Waals surface area contributed by atoms with Gasteiger partial charge in [0.2, 0.25) is 0 Å². The van der Waals surface area contributed by atoms with Crippen molar-refractivity contribution in [2.75, 3.05) is 33.3 Å². The summed E-state index contributed by atoms with van der Waals surface area (Å²) in [5, 5.41) is 7.07. The largest absolute Gasteiger partial charge is 0.493 e. The first-order valence-electron chi connectivity index (χ1n) is 10.5. The van der Waals surface area contributed by atoms with E-state index >= 15 is 0 Å². The lowest BCUT2D eigenvalue weighted by molar-refractivity contribution is 0.187. The highest BCUT2D eigenvalue weighted by Gasteiger charge is 2.22. The van der Waals surface area contributed by atoms with E-state index in [1.165, 1.54) is 50.9 Å². The molecule has 1 aromatic carbocycles. The van der Waals surface area contributed by atoms with Gasteiger partial charge in [0.15, 0.2) is 5.96 Å². The van der Waals surface area contributed by atoms with Crippen LogP contribution in [0.1, 0.15) is 45.1 Å². The average Bonchev–Trinajstić information content (AvgIpc) is 3.49. The molecule has 1 saturated carbocycles. The molecule has 1 aliphatic heterocycles. The third-order valence-corrected chi connectivity index (χ3v) is 5.37. The molecule has 1 aliphatic carbocycles. The minimum Gasteiger partial charge on any atom is -0.493 e. The van der Waals surface area contributed by atoms with Crippen LogP contribution < -0.4 is 15.4 Å². The van der Waals surface area contributed by atoms with Crippen LogP contribution in [0.5, 0.6) is 5.75 Å². The minimum atomic E-state index is 0. The van der Waals surface area contributed by atoms with E-state index in [2.05, 4.69) is 52.6 Å². The molecule has 6 heteroatoms. The van der Waals surface area contributed by atoms with Gasteiger partial charge in [-0.05, 0) is 43.6 Å². The number of nitrogens with one attached hydrogen (secondary N) is 2. The number of piperidine rings is 1. The number of ether oxygens (including phenoxy) is 1. The fourth-order valence-electron chi connectivity index (χ4n) is 3.63. The predicted molar refractivity (Wildman–Crippen MR) is 128 cm³/mol. The second kappa shape index (κ2) is 11.9. The molecular weight excluding hydrogens is 463 g/mol. The van der Waals surface area contributed by atoms with Crippen LogP contribution in [-0.4, -0.2) is 50.2 Å². The highest BCUT2D eigenvalue weighted by atomic mass is 127. The fraction of sp³-hybridized carbons (Fsp3) is 0.682. The maximum absolute atomic E-state index is 6.01. The van der Waals surface area contributed by atoms with Crippen LogP contribution in [0.3, 0.4) is 0 Å². The van der Waals surface area contributed by atoms with Gasteiger partial charge in [0, 0.05) is 44.8 Å². The monoisotopic (exact) mass is 500 g/mol. The van der Waals surface area contributed by atoms with E-state index in [-0.39, 0.29) is 24.0 Å². The molecule has 3 rings (SSSR count). The van der Waals surface area contributed by atoms with Crippen LogP contribution in [0.2, 0.25) is 0 Å². The van der Waals surface area contributed by atoms with Crippen molar-refractivity contribution in [1.82, 2.24) is 15.5 Å². The lowest BCUT2D eigenvalue weighted by atomic mass is 10.0. The fourth-order valence-corrected chi connectivity index (χ4v) is 3.63. The Bertz CT molecular complexity index is 610. The molecule has 2 fully saturated rings. The quantitative estimate of drug-likeness (QED) is 0.323. The summed E-state index contributed by atoms with van der Waals surface area (Å²) in [6.07, 6.45) is 4.98. The molecule has 28 heavy (non-hydrogen) atoms. The molecule has 0 unspecified atom stereocenters. The van der Waals surface area contributed by atoms with E-state index in [9.17, 15) is 0 Å². The van der Waals surface area contributed by atoms with Crippen molar-refractivity contribution in [3.05, 3.63) is 29.8 Å². The molecule has 0 aromatic heterocycles. The van der Waals surface area contributed by atoms with Crippen LogP contribution in [0.15, 0.2) is 29.3 Å². The molecular formula is C22H37IN4O. The number of para-hydroxylation sites is 1. The van der Waals surface area contributed by atoms with Gasteiger partial charge in [-0.3, -0.25) is 4.99 Å². The lowest BCUT2D eigenvalue weighted by Gasteiger charge is -2.34. The molecule has 0 spiro atoms. The summed E-state index contributed by atoms with van der Waals surface area (Å²) in [5.74, 6) is 3.39. The minimum absolute atomic E-state index is 0. The summed E-state index contributed by atoms with van der Waals surface area (Å²) in [4.78, 5) is 6.99. The van der Waals surface area contributed by atoms with Gasteiger partial charge in [0.1, 0.15) is 5.75 Å². The number of halogens is 1. The number of nitrogens with zero attached hydrogens (tertiary/aromatic N) is 2. The molecule has 1 aromatic rings. The summed E-state index contributed by atoms with van der Waals surface area (Å²) in [6.45, 7) is 9.71. The second-order valence-electron chi connectivity index (χ2n) is 8.40. The molecule has 2 N–H and O–H groups in total. The number of likely N-dealkylation sites (tertiary alicyclic amines) is 1. The van der Waals surface area contributed by atoms with Crippen LogP contribution in [0, 0.1) is 11.8 Å².